The lowest BCUT2D eigenvalue weighted by Crippen LogP contribution is -2.13. The van der Waals surface area contributed by atoms with Crippen molar-refractivity contribution in [3.05, 3.63) is 17.6 Å². The molecule has 0 aliphatic heterocycles. The molecule has 3 nitrogen and oxygen atoms in total. The van der Waals surface area contributed by atoms with E-state index in [0.717, 1.165) is 30.2 Å². The third-order valence-electron chi connectivity index (χ3n) is 2.37. The van der Waals surface area contributed by atoms with Crippen LogP contribution in [0.5, 0.6) is 0 Å². The van der Waals surface area contributed by atoms with Gasteiger partial charge in [0, 0.05) is 6.54 Å². The maximum absolute atomic E-state index is 4.42. The summed E-state index contributed by atoms with van der Waals surface area (Å²) in [7, 11) is 0. The topological polar surface area (TPSA) is 37.8 Å². The van der Waals surface area contributed by atoms with E-state index in [4.69, 9.17) is 0 Å². The minimum Gasteiger partial charge on any atom is -0.369 e. The zero-order chi connectivity index (χ0) is 11.5. The molecule has 0 atom stereocenters. The molecule has 0 unspecified atom stereocenters. The van der Waals surface area contributed by atoms with Crippen molar-refractivity contribution in [3.63, 3.8) is 0 Å². The predicted molar refractivity (Wildman–Crippen MR) is 64.1 cm³/mol. The van der Waals surface area contributed by atoms with E-state index in [1.807, 2.05) is 13.8 Å². The van der Waals surface area contributed by atoms with Gasteiger partial charge in [-0.05, 0) is 25.7 Å². The Balaban J connectivity index is 2.48. The number of hydrogen-bond acceptors (Lipinski definition) is 3. The van der Waals surface area contributed by atoms with Crippen LogP contribution in [-0.2, 0) is 0 Å². The molecule has 0 radical (unpaired) electrons. The summed E-state index contributed by atoms with van der Waals surface area (Å²) in [6.07, 6.45) is 2.92. The van der Waals surface area contributed by atoms with Gasteiger partial charge >= 0.3 is 0 Å². The number of hydrogen-bond donors (Lipinski definition) is 1. The Morgan fingerprint density at radius 3 is 2.40 bits per heavy atom. The van der Waals surface area contributed by atoms with Crippen LogP contribution in [0.3, 0.4) is 0 Å². The predicted octanol–water partition coefficient (Wildman–Crippen LogP) is 2.94. The van der Waals surface area contributed by atoms with Crippen LogP contribution in [0, 0.1) is 19.3 Å². The van der Waals surface area contributed by atoms with Crippen molar-refractivity contribution in [2.24, 2.45) is 5.41 Å². The van der Waals surface area contributed by atoms with Crippen molar-refractivity contribution >= 4 is 5.82 Å². The fourth-order valence-corrected chi connectivity index (χ4v) is 1.19. The van der Waals surface area contributed by atoms with Crippen LogP contribution in [0.2, 0.25) is 0 Å². The molecular weight excluding hydrogens is 186 g/mol. The number of nitrogens with zero attached hydrogens (tertiary/aromatic N) is 2. The number of nitrogens with one attached hydrogen (secondary N) is 1. The fourth-order valence-electron chi connectivity index (χ4n) is 1.19. The van der Waals surface area contributed by atoms with Gasteiger partial charge in [0.15, 0.2) is 0 Å². The summed E-state index contributed by atoms with van der Waals surface area (Å²) in [5, 5.41) is 3.30. The van der Waals surface area contributed by atoms with E-state index in [-0.39, 0.29) is 0 Å². The van der Waals surface area contributed by atoms with Gasteiger partial charge in [-0.15, -0.1) is 0 Å². The van der Waals surface area contributed by atoms with Crippen LogP contribution in [0.15, 0.2) is 6.20 Å². The number of aryl methyl sites for hydroxylation is 2. The number of aromatic nitrogens is 2. The molecule has 0 spiro atoms. The average molecular weight is 207 g/mol. The second-order valence-electron chi connectivity index (χ2n) is 5.16. The van der Waals surface area contributed by atoms with Crippen molar-refractivity contribution in [3.8, 4) is 0 Å². The molecule has 1 aromatic rings. The number of anilines is 1. The van der Waals surface area contributed by atoms with Crippen molar-refractivity contribution in [2.75, 3.05) is 11.9 Å². The van der Waals surface area contributed by atoms with Crippen LogP contribution in [0.25, 0.3) is 0 Å². The van der Waals surface area contributed by atoms with Crippen molar-refractivity contribution in [2.45, 2.75) is 41.0 Å². The Labute approximate surface area is 92.3 Å². The lowest BCUT2D eigenvalue weighted by molar-refractivity contribution is 0.389. The van der Waals surface area contributed by atoms with Gasteiger partial charge in [0.25, 0.3) is 0 Å². The Kier molecular flexibility index (Phi) is 3.66. The highest BCUT2D eigenvalue weighted by atomic mass is 15.0. The zero-order valence-corrected chi connectivity index (χ0v) is 10.4. The summed E-state index contributed by atoms with van der Waals surface area (Å²) >= 11 is 0. The molecule has 84 valence electrons. The van der Waals surface area contributed by atoms with Gasteiger partial charge in [-0.25, -0.2) is 4.98 Å². The van der Waals surface area contributed by atoms with E-state index < -0.39 is 0 Å². The Bertz CT molecular complexity index is 326. The summed E-state index contributed by atoms with van der Waals surface area (Å²) in [5.41, 5.74) is 2.35. The SMILES string of the molecule is Cc1ncc(NCCC(C)(C)C)nc1C. The van der Waals surface area contributed by atoms with Crippen LogP contribution < -0.4 is 5.32 Å². The van der Waals surface area contributed by atoms with E-state index in [2.05, 4.69) is 36.1 Å². The molecule has 3 heteroatoms. The van der Waals surface area contributed by atoms with Crippen molar-refractivity contribution < 1.29 is 0 Å². The minimum absolute atomic E-state index is 0.361. The molecule has 0 amide bonds. The molecule has 0 aromatic carbocycles. The molecule has 1 rings (SSSR count). The standard InChI is InChI=1S/C12H21N3/c1-9-10(2)15-11(8-14-9)13-7-6-12(3,4)5/h8H,6-7H2,1-5H3,(H,13,15). The summed E-state index contributed by atoms with van der Waals surface area (Å²) in [6, 6.07) is 0. The molecule has 1 aromatic heterocycles. The van der Waals surface area contributed by atoms with E-state index in [1.54, 1.807) is 6.20 Å². The molecule has 15 heavy (non-hydrogen) atoms. The largest absolute Gasteiger partial charge is 0.369 e. The van der Waals surface area contributed by atoms with Gasteiger partial charge in [-0.3, -0.25) is 4.98 Å². The van der Waals surface area contributed by atoms with Gasteiger partial charge in [0.2, 0.25) is 0 Å². The van der Waals surface area contributed by atoms with Gasteiger partial charge < -0.3 is 5.32 Å². The number of rotatable bonds is 3. The molecular formula is C12H21N3. The Morgan fingerprint density at radius 1 is 1.20 bits per heavy atom. The Hall–Kier alpha value is -1.12. The van der Waals surface area contributed by atoms with Crippen LogP contribution in [0.1, 0.15) is 38.6 Å². The molecule has 0 fully saturated rings. The van der Waals surface area contributed by atoms with Crippen LogP contribution in [0.4, 0.5) is 5.82 Å². The quantitative estimate of drug-likeness (QED) is 0.828. The molecule has 1 N–H and O–H groups in total. The lowest BCUT2D eigenvalue weighted by Gasteiger charge is -2.18. The average Bonchev–Trinajstić information content (AvgIpc) is 2.09. The van der Waals surface area contributed by atoms with E-state index in [9.17, 15) is 0 Å². The summed E-state index contributed by atoms with van der Waals surface area (Å²) in [4.78, 5) is 8.69. The first-order valence-corrected chi connectivity index (χ1v) is 5.42. The van der Waals surface area contributed by atoms with E-state index in [1.165, 1.54) is 0 Å². The second-order valence-corrected chi connectivity index (χ2v) is 5.16. The summed E-state index contributed by atoms with van der Waals surface area (Å²) in [5.74, 6) is 0.877. The molecule has 0 saturated carbocycles. The molecule has 1 heterocycles. The summed E-state index contributed by atoms with van der Waals surface area (Å²) in [6.45, 7) is 11.6. The monoisotopic (exact) mass is 207 g/mol. The van der Waals surface area contributed by atoms with Gasteiger partial charge in [0.05, 0.1) is 17.6 Å². The third-order valence-corrected chi connectivity index (χ3v) is 2.37. The normalized spacial score (nSPS) is 11.5. The first-order valence-electron chi connectivity index (χ1n) is 5.42. The van der Waals surface area contributed by atoms with Gasteiger partial charge in [-0.2, -0.15) is 0 Å². The highest BCUT2D eigenvalue weighted by molar-refractivity contribution is 5.33. The third kappa shape index (κ3) is 4.28. The first-order chi connectivity index (χ1) is 6.88. The highest BCUT2D eigenvalue weighted by Gasteiger charge is 2.09. The maximum Gasteiger partial charge on any atom is 0.144 e. The molecule has 0 saturated heterocycles. The van der Waals surface area contributed by atoms with E-state index in [0.29, 0.717) is 5.41 Å². The smallest absolute Gasteiger partial charge is 0.144 e. The Morgan fingerprint density at radius 2 is 1.87 bits per heavy atom. The van der Waals surface area contributed by atoms with Crippen molar-refractivity contribution in [1.82, 2.24) is 9.97 Å². The summed E-state index contributed by atoms with van der Waals surface area (Å²) < 4.78 is 0. The maximum atomic E-state index is 4.42. The lowest BCUT2D eigenvalue weighted by atomic mass is 9.92. The molecule has 0 aliphatic carbocycles. The highest BCUT2D eigenvalue weighted by Crippen LogP contribution is 2.18. The minimum atomic E-state index is 0.361. The van der Waals surface area contributed by atoms with Gasteiger partial charge in [-0.1, -0.05) is 20.8 Å². The van der Waals surface area contributed by atoms with Crippen molar-refractivity contribution in [1.29, 1.82) is 0 Å². The van der Waals surface area contributed by atoms with Crippen LogP contribution >= 0.6 is 0 Å². The first kappa shape index (κ1) is 12.0. The van der Waals surface area contributed by atoms with E-state index >= 15 is 0 Å². The fraction of sp³-hybridized carbons (Fsp3) is 0.667. The molecule has 0 bridgehead atoms. The second kappa shape index (κ2) is 4.60. The molecule has 0 aliphatic rings. The zero-order valence-electron chi connectivity index (χ0n) is 10.4. The van der Waals surface area contributed by atoms with Gasteiger partial charge in [0.1, 0.15) is 5.82 Å². The van der Waals surface area contributed by atoms with Crippen LogP contribution in [-0.4, -0.2) is 16.5 Å².